The van der Waals surface area contributed by atoms with Crippen molar-refractivity contribution in [2.24, 2.45) is 5.92 Å². The van der Waals surface area contributed by atoms with E-state index < -0.39 is 0 Å². The molecule has 3 nitrogen and oxygen atoms in total. The van der Waals surface area contributed by atoms with Gasteiger partial charge < -0.3 is 4.74 Å². The molecule has 14 heavy (non-hydrogen) atoms. The fourth-order valence-electron chi connectivity index (χ4n) is 2.68. The van der Waals surface area contributed by atoms with E-state index in [1.807, 2.05) is 19.1 Å². The second-order valence-corrected chi connectivity index (χ2v) is 4.83. The Kier molecular flexibility index (Phi) is 3.42. The van der Waals surface area contributed by atoms with Crippen LogP contribution in [0.4, 0.5) is 0 Å². The van der Waals surface area contributed by atoms with E-state index in [2.05, 4.69) is 5.43 Å². The number of ether oxygens (including phenoxy) is 1. The lowest BCUT2D eigenvalue weighted by Crippen LogP contribution is -2.36. The fourth-order valence-corrected chi connectivity index (χ4v) is 2.68. The minimum absolute atomic E-state index is 0.450. The van der Waals surface area contributed by atoms with Gasteiger partial charge in [-0.05, 0) is 25.2 Å². The van der Waals surface area contributed by atoms with Crippen molar-refractivity contribution in [3.63, 3.8) is 0 Å². The maximum Gasteiger partial charge on any atom is 0.0721 e. The summed E-state index contributed by atoms with van der Waals surface area (Å²) in [4.78, 5) is 0. The Balaban J connectivity index is 1.75. The molecule has 1 saturated carbocycles. The highest BCUT2D eigenvalue weighted by molar-refractivity contribution is 4.85. The first-order chi connectivity index (χ1) is 6.75. The standard InChI is InChI=1S/C11H22N2O/c1-13(2)12-8-10-7-9-5-3-4-6-11(9)14-10/h9-12H,3-8H2,1-2H3. The lowest BCUT2D eigenvalue weighted by molar-refractivity contribution is 0.0131. The van der Waals surface area contributed by atoms with E-state index in [1.165, 1.54) is 32.1 Å². The van der Waals surface area contributed by atoms with Crippen molar-refractivity contribution in [3.05, 3.63) is 0 Å². The van der Waals surface area contributed by atoms with Gasteiger partial charge in [0.2, 0.25) is 0 Å². The normalized spacial score (nSPS) is 37.5. The van der Waals surface area contributed by atoms with Gasteiger partial charge in [-0.1, -0.05) is 12.8 Å². The minimum atomic E-state index is 0.450. The van der Waals surface area contributed by atoms with Crippen molar-refractivity contribution in [1.29, 1.82) is 0 Å². The van der Waals surface area contributed by atoms with Crippen LogP contribution in [0.2, 0.25) is 0 Å². The van der Waals surface area contributed by atoms with E-state index in [-0.39, 0.29) is 0 Å². The Bertz CT molecular complexity index is 170. The van der Waals surface area contributed by atoms with Gasteiger partial charge in [0.15, 0.2) is 0 Å². The second-order valence-electron chi connectivity index (χ2n) is 4.83. The average molecular weight is 198 g/mol. The average Bonchev–Trinajstić information content (AvgIpc) is 2.57. The monoisotopic (exact) mass is 198 g/mol. The largest absolute Gasteiger partial charge is 0.373 e. The van der Waals surface area contributed by atoms with Crippen LogP contribution >= 0.6 is 0 Å². The maximum absolute atomic E-state index is 6.03. The molecule has 1 aliphatic heterocycles. The van der Waals surface area contributed by atoms with Gasteiger partial charge in [-0.15, -0.1) is 0 Å². The molecule has 0 aromatic heterocycles. The number of fused-ring (bicyclic) bond motifs is 1. The van der Waals surface area contributed by atoms with Crippen LogP contribution in [0.25, 0.3) is 0 Å². The first-order valence-corrected chi connectivity index (χ1v) is 5.82. The second kappa shape index (κ2) is 4.60. The van der Waals surface area contributed by atoms with Gasteiger partial charge in [0, 0.05) is 20.6 Å². The molecule has 2 rings (SSSR count). The number of nitrogens with one attached hydrogen (secondary N) is 1. The zero-order chi connectivity index (χ0) is 9.97. The van der Waals surface area contributed by atoms with Crippen molar-refractivity contribution in [2.45, 2.75) is 44.3 Å². The Hall–Kier alpha value is -0.120. The third-order valence-corrected chi connectivity index (χ3v) is 3.41. The smallest absolute Gasteiger partial charge is 0.0721 e. The summed E-state index contributed by atoms with van der Waals surface area (Å²) in [7, 11) is 4.06. The molecule has 0 radical (unpaired) electrons. The highest BCUT2D eigenvalue weighted by Crippen LogP contribution is 2.36. The van der Waals surface area contributed by atoms with Crippen LogP contribution in [0.3, 0.4) is 0 Å². The zero-order valence-corrected chi connectivity index (χ0v) is 9.33. The van der Waals surface area contributed by atoms with Crippen molar-refractivity contribution in [1.82, 2.24) is 10.4 Å². The Morgan fingerprint density at radius 3 is 2.79 bits per heavy atom. The molecular formula is C11H22N2O. The summed E-state index contributed by atoms with van der Waals surface area (Å²) in [5.41, 5.74) is 3.31. The number of hydrazine groups is 1. The van der Waals surface area contributed by atoms with Gasteiger partial charge in [-0.2, -0.15) is 0 Å². The fraction of sp³-hybridized carbons (Fsp3) is 1.00. The number of nitrogens with zero attached hydrogens (tertiary/aromatic N) is 1. The Labute approximate surface area is 86.8 Å². The molecule has 2 fully saturated rings. The molecule has 0 bridgehead atoms. The quantitative estimate of drug-likeness (QED) is 0.694. The van der Waals surface area contributed by atoms with Crippen molar-refractivity contribution in [2.75, 3.05) is 20.6 Å². The zero-order valence-electron chi connectivity index (χ0n) is 9.33. The van der Waals surface area contributed by atoms with Crippen LogP contribution in [0.15, 0.2) is 0 Å². The summed E-state index contributed by atoms with van der Waals surface area (Å²) in [6.45, 7) is 0.972. The van der Waals surface area contributed by atoms with Crippen LogP contribution in [0, 0.1) is 5.92 Å². The molecular weight excluding hydrogens is 176 g/mol. The predicted molar refractivity (Wildman–Crippen MR) is 56.9 cm³/mol. The van der Waals surface area contributed by atoms with Gasteiger partial charge in [0.05, 0.1) is 12.2 Å². The van der Waals surface area contributed by atoms with Crippen molar-refractivity contribution in [3.8, 4) is 0 Å². The van der Waals surface area contributed by atoms with E-state index in [9.17, 15) is 0 Å². The van der Waals surface area contributed by atoms with Crippen molar-refractivity contribution < 1.29 is 4.74 Å². The van der Waals surface area contributed by atoms with Crippen LogP contribution < -0.4 is 5.43 Å². The van der Waals surface area contributed by atoms with Crippen molar-refractivity contribution >= 4 is 0 Å². The number of hydrogen-bond acceptors (Lipinski definition) is 3. The molecule has 3 heteroatoms. The highest BCUT2D eigenvalue weighted by Gasteiger charge is 2.36. The van der Waals surface area contributed by atoms with Gasteiger partial charge in [-0.3, -0.25) is 10.4 Å². The van der Waals surface area contributed by atoms with E-state index in [4.69, 9.17) is 4.74 Å². The van der Waals surface area contributed by atoms with Gasteiger partial charge in [-0.25, -0.2) is 0 Å². The SMILES string of the molecule is CN(C)NCC1CC2CCCCC2O1. The number of hydrogen-bond donors (Lipinski definition) is 1. The molecule has 0 amide bonds. The molecule has 1 aliphatic carbocycles. The number of rotatable bonds is 3. The molecule has 1 saturated heterocycles. The molecule has 2 aliphatic rings. The Morgan fingerprint density at radius 1 is 1.29 bits per heavy atom. The van der Waals surface area contributed by atoms with E-state index in [1.54, 1.807) is 0 Å². The van der Waals surface area contributed by atoms with Gasteiger partial charge >= 0.3 is 0 Å². The molecule has 0 spiro atoms. The molecule has 0 aromatic rings. The van der Waals surface area contributed by atoms with E-state index >= 15 is 0 Å². The summed E-state index contributed by atoms with van der Waals surface area (Å²) in [5.74, 6) is 0.859. The molecule has 1 N–H and O–H groups in total. The third kappa shape index (κ3) is 2.47. The first-order valence-electron chi connectivity index (χ1n) is 5.82. The summed E-state index contributed by atoms with van der Waals surface area (Å²) in [6.07, 6.45) is 7.77. The Morgan fingerprint density at radius 2 is 2.07 bits per heavy atom. The van der Waals surface area contributed by atoms with E-state index in [0.29, 0.717) is 12.2 Å². The lowest BCUT2D eigenvalue weighted by Gasteiger charge is -2.23. The first kappa shape index (κ1) is 10.4. The van der Waals surface area contributed by atoms with E-state index in [0.717, 1.165) is 12.5 Å². The molecule has 1 heterocycles. The van der Waals surface area contributed by atoms with Gasteiger partial charge in [0.1, 0.15) is 0 Å². The molecule has 82 valence electrons. The summed E-state index contributed by atoms with van der Waals surface area (Å²) in [6, 6.07) is 0. The summed E-state index contributed by atoms with van der Waals surface area (Å²) in [5, 5.41) is 2.01. The lowest BCUT2D eigenvalue weighted by atomic mass is 9.85. The molecule has 0 aromatic carbocycles. The predicted octanol–water partition coefficient (Wildman–Crippen LogP) is 1.40. The summed E-state index contributed by atoms with van der Waals surface area (Å²) < 4.78 is 6.03. The molecule has 3 atom stereocenters. The maximum atomic E-state index is 6.03. The van der Waals surface area contributed by atoms with Crippen LogP contribution in [0.1, 0.15) is 32.1 Å². The summed E-state index contributed by atoms with van der Waals surface area (Å²) >= 11 is 0. The van der Waals surface area contributed by atoms with Crippen LogP contribution in [0.5, 0.6) is 0 Å². The third-order valence-electron chi connectivity index (χ3n) is 3.41. The van der Waals surface area contributed by atoms with Gasteiger partial charge in [0.25, 0.3) is 0 Å². The topological polar surface area (TPSA) is 24.5 Å². The van der Waals surface area contributed by atoms with Crippen LogP contribution in [-0.4, -0.2) is 37.9 Å². The highest BCUT2D eigenvalue weighted by atomic mass is 16.5. The minimum Gasteiger partial charge on any atom is -0.373 e. The van der Waals surface area contributed by atoms with Crippen LogP contribution in [-0.2, 0) is 4.74 Å². The molecule has 3 unspecified atom stereocenters.